The van der Waals surface area contributed by atoms with E-state index in [1.165, 1.54) is 0 Å². The lowest BCUT2D eigenvalue weighted by Crippen LogP contribution is -2.43. The molecule has 0 bridgehead atoms. The smallest absolute Gasteiger partial charge is 0.226 e. The third-order valence-electron chi connectivity index (χ3n) is 3.61. The van der Waals surface area contributed by atoms with Crippen molar-refractivity contribution in [2.45, 2.75) is 25.8 Å². The van der Waals surface area contributed by atoms with Crippen LogP contribution < -0.4 is 10.6 Å². The highest BCUT2D eigenvalue weighted by atomic mass is 16.2. The van der Waals surface area contributed by atoms with Crippen molar-refractivity contribution < 1.29 is 4.79 Å². The summed E-state index contributed by atoms with van der Waals surface area (Å²) in [5, 5.41) is 14.3. The Labute approximate surface area is 122 Å². The third-order valence-corrected chi connectivity index (χ3v) is 3.61. The summed E-state index contributed by atoms with van der Waals surface area (Å²) in [6.07, 6.45) is 3.09. The summed E-state index contributed by atoms with van der Waals surface area (Å²) in [5.41, 5.74) is 0.698. The summed E-state index contributed by atoms with van der Waals surface area (Å²) in [7, 11) is 1.83. The SMILES string of the molecule is CCNc1nc(NC2CCC(=O)N(C)C2)c2cn[nH]c2n1. The van der Waals surface area contributed by atoms with Crippen LogP contribution in [-0.4, -0.2) is 57.2 Å². The van der Waals surface area contributed by atoms with Crippen LogP contribution in [0, 0.1) is 0 Å². The monoisotopic (exact) mass is 289 g/mol. The van der Waals surface area contributed by atoms with Gasteiger partial charge < -0.3 is 15.5 Å². The number of aromatic amines is 1. The van der Waals surface area contributed by atoms with Crippen molar-refractivity contribution in [3.63, 3.8) is 0 Å². The molecule has 112 valence electrons. The zero-order valence-corrected chi connectivity index (χ0v) is 12.2. The number of carbonyl (C=O) groups is 1. The van der Waals surface area contributed by atoms with E-state index in [1.54, 1.807) is 11.1 Å². The van der Waals surface area contributed by atoms with Crippen LogP contribution in [0.4, 0.5) is 11.8 Å². The van der Waals surface area contributed by atoms with Crippen molar-refractivity contribution in [3.05, 3.63) is 6.20 Å². The molecule has 1 aliphatic rings. The molecular formula is C13H19N7O. The molecule has 1 amide bonds. The lowest BCUT2D eigenvalue weighted by atomic mass is 10.1. The zero-order chi connectivity index (χ0) is 14.8. The number of rotatable bonds is 4. The van der Waals surface area contributed by atoms with Gasteiger partial charge in [-0.2, -0.15) is 15.1 Å². The Morgan fingerprint density at radius 1 is 1.48 bits per heavy atom. The number of anilines is 2. The summed E-state index contributed by atoms with van der Waals surface area (Å²) in [6, 6.07) is 0.190. The van der Waals surface area contributed by atoms with Gasteiger partial charge in [-0.1, -0.05) is 0 Å². The van der Waals surface area contributed by atoms with Gasteiger partial charge in [0.05, 0.1) is 11.6 Å². The number of piperidine rings is 1. The Bertz CT molecular complexity index is 653. The molecule has 8 nitrogen and oxygen atoms in total. The van der Waals surface area contributed by atoms with E-state index >= 15 is 0 Å². The van der Waals surface area contributed by atoms with Crippen molar-refractivity contribution >= 4 is 28.7 Å². The van der Waals surface area contributed by atoms with Gasteiger partial charge in [-0.25, -0.2) is 0 Å². The summed E-state index contributed by atoms with van der Waals surface area (Å²) >= 11 is 0. The standard InChI is InChI=1S/C13H19N7O/c1-3-14-13-17-11(9-6-15-19-12(9)18-13)16-8-4-5-10(21)20(2)7-8/h6,8H,3-5,7H2,1-2H3,(H3,14,15,16,17,18,19). The maximum atomic E-state index is 11.5. The number of H-pyrrole nitrogens is 1. The van der Waals surface area contributed by atoms with Gasteiger partial charge in [-0.05, 0) is 13.3 Å². The number of nitrogens with one attached hydrogen (secondary N) is 3. The third kappa shape index (κ3) is 2.74. The molecule has 21 heavy (non-hydrogen) atoms. The quantitative estimate of drug-likeness (QED) is 0.770. The first kappa shape index (κ1) is 13.6. The fraction of sp³-hybridized carbons (Fsp3) is 0.538. The molecule has 2 aromatic heterocycles. The lowest BCUT2D eigenvalue weighted by molar-refractivity contribution is -0.132. The van der Waals surface area contributed by atoms with Gasteiger partial charge in [0, 0.05) is 32.6 Å². The Balaban J connectivity index is 1.85. The van der Waals surface area contributed by atoms with Crippen LogP contribution >= 0.6 is 0 Å². The average molecular weight is 289 g/mol. The molecule has 1 fully saturated rings. The normalized spacial score (nSPS) is 19.0. The van der Waals surface area contributed by atoms with Crippen LogP contribution in [0.5, 0.6) is 0 Å². The number of carbonyl (C=O) groups excluding carboxylic acids is 1. The molecule has 1 aliphatic heterocycles. The number of aromatic nitrogens is 4. The van der Waals surface area contributed by atoms with Gasteiger partial charge in [0.2, 0.25) is 11.9 Å². The van der Waals surface area contributed by atoms with Crippen molar-refractivity contribution in [2.75, 3.05) is 30.8 Å². The topological polar surface area (TPSA) is 98.8 Å². The number of likely N-dealkylation sites (tertiary alicyclic amines) is 1. The summed E-state index contributed by atoms with van der Waals surface area (Å²) < 4.78 is 0. The molecule has 0 radical (unpaired) electrons. The van der Waals surface area contributed by atoms with Gasteiger partial charge in [0.15, 0.2) is 5.65 Å². The summed E-state index contributed by atoms with van der Waals surface area (Å²) in [5.74, 6) is 1.51. The predicted molar refractivity (Wildman–Crippen MR) is 80.1 cm³/mol. The molecule has 1 atom stereocenters. The second-order valence-corrected chi connectivity index (χ2v) is 5.21. The van der Waals surface area contributed by atoms with E-state index in [-0.39, 0.29) is 11.9 Å². The lowest BCUT2D eigenvalue weighted by Gasteiger charge is -2.30. The molecule has 1 saturated heterocycles. The van der Waals surface area contributed by atoms with Crippen molar-refractivity contribution in [2.24, 2.45) is 0 Å². The molecule has 0 spiro atoms. The molecule has 3 N–H and O–H groups in total. The summed E-state index contributed by atoms with van der Waals surface area (Å²) in [6.45, 7) is 3.42. The molecular weight excluding hydrogens is 270 g/mol. The van der Waals surface area contributed by atoms with Crippen molar-refractivity contribution in [1.29, 1.82) is 0 Å². The number of likely N-dealkylation sites (N-methyl/N-ethyl adjacent to an activating group) is 1. The maximum absolute atomic E-state index is 11.5. The number of fused-ring (bicyclic) bond motifs is 1. The summed E-state index contributed by atoms with van der Waals surface area (Å²) in [4.78, 5) is 22.2. The number of hydrogen-bond acceptors (Lipinski definition) is 6. The van der Waals surface area contributed by atoms with Gasteiger partial charge in [-0.15, -0.1) is 0 Å². The molecule has 0 aliphatic carbocycles. The highest BCUT2D eigenvalue weighted by Gasteiger charge is 2.23. The number of amides is 1. The Kier molecular flexibility index (Phi) is 3.59. The minimum atomic E-state index is 0.190. The average Bonchev–Trinajstić information content (AvgIpc) is 2.92. The molecule has 0 saturated carbocycles. The fourth-order valence-corrected chi connectivity index (χ4v) is 2.51. The van der Waals surface area contributed by atoms with E-state index in [2.05, 4.69) is 30.8 Å². The first-order valence-corrected chi connectivity index (χ1v) is 7.13. The number of hydrogen-bond donors (Lipinski definition) is 3. The van der Waals surface area contributed by atoms with Gasteiger partial charge in [-0.3, -0.25) is 9.89 Å². The zero-order valence-electron chi connectivity index (χ0n) is 12.2. The molecule has 8 heteroatoms. The first-order chi connectivity index (χ1) is 10.2. The van der Waals surface area contributed by atoms with E-state index in [9.17, 15) is 4.79 Å². The highest BCUT2D eigenvalue weighted by molar-refractivity contribution is 5.87. The van der Waals surface area contributed by atoms with Crippen LogP contribution in [0.25, 0.3) is 11.0 Å². The first-order valence-electron chi connectivity index (χ1n) is 7.13. The second-order valence-electron chi connectivity index (χ2n) is 5.21. The van der Waals surface area contributed by atoms with Crippen LogP contribution in [0.15, 0.2) is 6.20 Å². The molecule has 0 aromatic carbocycles. The second kappa shape index (κ2) is 5.55. The van der Waals surface area contributed by atoms with Crippen LogP contribution in [0.1, 0.15) is 19.8 Å². The van der Waals surface area contributed by atoms with Crippen LogP contribution in [0.2, 0.25) is 0 Å². The van der Waals surface area contributed by atoms with Gasteiger partial charge >= 0.3 is 0 Å². The largest absolute Gasteiger partial charge is 0.365 e. The molecule has 1 unspecified atom stereocenters. The van der Waals surface area contributed by atoms with Crippen LogP contribution in [0.3, 0.4) is 0 Å². The molecule has 2 aromatic rings. The van der Waals surface area contributed by atoms with E-state index in [1.807, 2.05) is 14.0 Å². The molecule has 3 rings (SSSR count). The Hall–Kier alpha value is -2.38. The van der Waals surface area contributed by atoms with E-state index in [0.29, 0.717) is 24.6 Å². The predicted octanol–water partition coefficient (Wildman–Crippen LogP) is 0.817. The van der Waals surface area contributed by atoms with E-state index in [0.717, 1.165) is 24.2 Å². The fourth-order valence-electron chi connectivity index (χ4n) is 2.51. The van der Waals surface area contributed by atoms with Crippen LogP contribution in [-0.2, 0) is 4.79 Å². The Morgan fingerprint density at radius 3 is 3.10 bits per heavy atom. The van der Waals surface area contributed by atoms with Gasteiger partial charge in [0.25, 0.3) is 0 Å². The minimum absolute atomic E-state index is 0.190. The van der Waals surface area contributed by atoms with E-state index < -0.39 is 0 Å². The minimum Gasteiger partial charge on any atom is -0.365 e. The van der Waals surface area contributed by atoms with Crippen molar-refractivity contribution in [1.82, 2.24) is 25.1 Å². The molecule has 3 heterocycles. The van der Waals surface area contributed by atoms with Crippen molar-refractivity contribution in [3.8, 4) is 0 Å². The van der Waals surface area contributed by atoms with E-state index in [4.69, 9.17) is 0 Å². The maximum Gasteiger partial charge on any atom is 0.226 e. The van der Waals surface area contributed by atoms with Gasteiger partial charge in [0.1, 0.15) is 5.82 Å². The number of nitrogens with zero attached hydrogens (tertiary/aromatic N) is 4. The Morgan fingerprint density at radius 2 is 2.33 bits per heavy atom. The highest BCUT2D eigenvalue weighted by Crippen LogP contribution is 2.22.